The molecular formula is C13H15ClFNO. The van der Waals surface area contributed by atoms with Crippen molar-refractivity contribution >= 4 is 22.6 Å². The molecule has 0 saturated heterocycles. The van der Waals surface area contributed by atoms with E-state index in [-0.39, 0.29) is 10.6 Å². The summed E-state index contributed by atoms with van der Waals surface area (Å²) in [7, 11) is 1.84. The first-order chi connectivity index (χ1) is 8.19. The number of furan rings is 1. The molecule has 0 radical (unpaired) electrons. The third-order valence-electron chi connectivity index (χ3n) is 2.77. The number of hydrogen-bond acceptors (Lipinski definition) is 2. The van der Waals surface area contributed by atoms with Gasteiger partial charge in [-0.15, -0.1) is 0 Å². The molecule has 0 aliphatic rings. The average Bonchev–Trinajstić information content (AvgIpc) is 2.65. The second-order valence-electron chi connectivity index (χ2n) is 4.02. The lowest BCUT2D eigenvalue weighted by atomic mass is 10.1. The smallest absolute Gasteiger partial charge is 0.184 e. The van der Waals surface area contributed by atoms with Crippen LogP contribution >= 0.6 is 11.6 Å². The van der Waals surface area contributed by atoms with Gasteiger partial charge in [-0.2, -0.15) is 0 Å². The second-order valence-corrected chi connectivity index (χ2v) is 4.43. The minimum absolute atomic E-state index is 0.102. The van der Waals surface area contributed by atoms with E-state index >= 15 is 0 Å². The number of aryl methyl sites for hydroxylation is 1. The Labute approximate surface area is 105 Å². The summed E-state index contributed by atoms with van der Waals surface area (Å²) in [6.45, 7) is 2.69. The minimum atomic E-state index is -0.469. The van der Waals surface area contributed by atoms with Crippen molar-refractivity contribution in [2.24, 2.45) is 0 Å². The molecule has 0 spiro atoms. The first kappa shape index (κ1) is 12.4. The van der Waals surface area contributed by atoms with Crippen LogP contribution in [-0.4, -0.2) is 7.05 Å². The van der Waals surface area contributed by atoms with Crippen molar-refractivity contribution in [1.82, 2.24) is 5.32 Å². The summed E-state index contributed by atoms with van der Waals surface area (Å²) in [5, 5.41) is 3.96. The predicted molar refractivity (Wildman–Crippen MR) is 67.9 cm³/mol. The van der Waals surface area contributed by atoms with Crippen LogP contribution in [0.15, 0.2) is 16.5 Å². The molecule has 0 unspecified atom stereocenters. The maximum absolute atomic E-state index is 13.8. The highest BCUT2D eigenvalue weighted by Crippen LogP contribution is 2.32. The SMILES string of the molecule is CCCc1c(CNC)oc2c(F)c(Cl)ccc12. The van der Waals surface area contributed by atoms with Crippen molar-refractivity contribution in [3.05, 3.63) is 34.3 Å². The van der Waals surface area contributed by atoms with Crippen molar-refractivity contribution in [2.45, 2.75) is 26.3 Å². The van der Waals surface area contributed by atoms with Crippen LogP contribution in [0, 0.1) is 5.82 Å². The van der Waals surface area contributed by atoms with E-state index in [1.807, 2.05) is 13.1 Å². The van der Waals surface area contributed by atoms with E-state index in [0.717, 1.165) is 29.6 Å². The molecule has 0 aliphatic heterocycles. The summed E-state index contributed by atoms with van der Waals surface area (Å²) >= 11 is 5.75. The molecule has 4 heteroatoms. The van der Waals surface area contributed by atoms with E-state index in [1.54, 1.807) is 6.07 Å². The van der Waals surface area contributed by atoms with Crippen LogP contribution < -0.4 is 5.32 Å². The topological polar surface area (TPSA) is 25.2 Å². The third kappa shape index (κ3) is 2.17. The molecule has 0 saturated carbocycles. The maximum Gasteiger partial charge on any atom is 0.184 e. The lowest BCUT2D eigenvalue weighted by Gasteiger charge is -2.00. The summed E-state index contributed by atoms with van der Waals surface area (Å²) in [6.07, 6.45) is 1.88. The zero-order valence-electron chi connectivity index (χ0n) is 9.94. The summed E-state index contributed by atoms with van der Waals surface area (Å²) in [6, 6.07) is 3.41. The molecule has 1 aromatic carbocycles. The van der Waals surface area contributed by atoms with Gasteiger partial charge in [-0.3, -0.25) is 0 Å². The number of benzene rings is 1. The molecule has 0 amide bonds. The highest BCUT2D eigenvalue weighted by Gasteiger charge is 2.17. The zero-order chi connectivity index (χ0) is 12.4. The molecule has 0 atom stereocenters. The molecular weight excluding hydrogens is 241 g/mol. The van der Waals surface area contributed by atoms with E-state index in [4.69, 9.17) is 16.0 Å². The number of rotatable bonds is 4. The Morgan fingerprint density at radius 1 is 1.41 bits per heavy atom. The van der Waals surface area contributed by atoms with Gasteiger partial charge in [0.05, 0.1) is 11.6 Å². The predicted octanol–water partition coefficient (Wildman–Crippen LogP) is 3.90. The molecule has 2 aromatic rings. The van der Waals surface area contributed by atoms with Crippen LogP contribution in [-0.2, 0) is 13.0 Å². The maximum atomic E-state index is 13.8. The van der Waals surface area contributed by atoms with Crippen LogP contribution in [0.25, 0.3) is 11.0 Å². The fraction of sp³-hybridized carbons (Fsp3) is 0.385. The quantitative estimate of drug-likeness (QED) is 0.896. The lowest BCUT2D eigenvalue weighted by Crippen LogP contribution is -2.05. The van der Waals surface area contributed by atoms with Gasteiger partial charge in [0.15, 0.2) is 11.4 Å². The Bertz CT molecular complexity index is 536. The van der Waals surface area contributed by atoms with Crippen molar-refractivity contribution < 1.29 is 8.81 Å². The van der Waals surface area contributed by atoms with E-state index in [9.17, 15) is 4.39 Å². The summed E-state index contributed by atoms with van der Waals surface area (Å²) in [5.74, 6) is 0.328. The third-order valence-corrected chi connectivity index (χ3v) is 3.07. The van der Waals surface area contributed by atoms with Gasteiger partial charge in [0, 0.05) is 10.9 Å². The first-order valence-corrected chi connectivity index (χ1v) is 6.09. The summed E-state index contributed by atoms with van der Waals surface area (Å²) in [4.78, 5) is 0. The standard InChI is InChI=1S/C13H15ClFNO/c1-3-4-8-9-5-6-10(14)12(15)13(9)17-11(8)7-16-2/h5-6,16H,3-4,7H2,1-2H3. The van der Waals surface area contributed by atoms with Gasteiger partial charge in [0.1, 0.15) is 5.76 Å². The van der Waals surface area contributed by atoms with Gasteiger partial charge in [0.25, 0.3) is 0 Å². The Balaban J connectivity index is 2.65. The molecule has 92 valence electrons. The summed E-state index contributed by atoms with van der Waals surface area (Å²) in [5.41, 5.74) is 1.35. The summed E-state index contributed by atoms with van der Waals surface area (Å²) < 4.78 is 19.4. The Morgan fingerprint density at radius 3 is 2.82 bits per heavy atom. The molecule has 2 rings (SSSR count). The van der Waals surface area contributed by atoms with Gasteiger partial charge in [-0.25, -0.2) is 4.39 Å². The van der Waals surface area contributed by atoms with Crippen LogP contribution in [0.4, 0.5) is 4.39 Å². The van der Waals surface area contributed by atoms with Gasteiger partial charge in [0.2, 0.25) is 0 Å². The number of fused-ring (bicyclic) bond motifs is 1. The van der Waals surface area contributed by atoms with Gasteiger partial charge in [-0.05, 0) is 25.6 Å². The van der Waals surface area contributed by atoms with Crippen molar-refractivity contribution in [3.63, 3.8) is 0 Å². The lowest BCUT2D eigenvalue weighted by molar-refractivity contribution is 0.502. The average molecular weight is 256 g/mol. The fourth-order valence-corrected chi connectivity index (χ4v) is 2.18. The van der Waals surface area contributed by atoms with Gasteiger partial charge >= 0.3 is 0 Å². The number of hydrogen-bond donors (Lipinski definition) is 1. The molecule has 17 heavy (non-hydrogen) atoms. The largest absolute Gasteiger partial charge is 0.456 e. The van der Waals surface area contributed by atoms with Crippen LogP contribution in [0.2, 0.25) is 5.02 Å². The normalized spacial score (nSPS) is 11.3. The fourth-order valence-electron chi connectivity index (χ4n) is 2.03. The van der Waals surface area contributed by atoms with Crippen LogP contribution in [0.5, 0.6) is 0 Å². The number of nitrogens with one attached hydrogen (secondary N) is 1. The molecule has 0 bridgehead atoms. The Morgan fingerprint density at radius 2 is 2.18 bits per heavy atom. The Hall–Kier alpha value is -1.06. The zero-order valence-corrected chi connectivity index (χ0v) is 10.7. The minimum Gasteiger partial charge on any atom is -0.456 e. The highest BCUT2D eigenvalue weighted by molar-refractivity contribution is 6.31. The van der Waals surface area contributed by atoms with E-state index in [1.165, 1.54) is 0 Å². The van der Waals surface area contributed by atoms with Crippen molar-refractivity contribution in [1.29, 1.82) is 0 Å². The molecule has 0 aliphatic carbocycles. The number of halogens is 2. The second kappa shape index (κ2) is 5.07. The highest BCUT2D eigenvalue weighted by atomic mass is 35.5. The monoisotopic (exact) mass is 255 g/mol. The van der Waals surface area contributed by atoms with Crippen LogP contribution in [0.1, 0.15) is 24.7 Å². The molecule has 1 aromatic heterocycles. The Kier molecular flexibility index (Phi) is 3.69. The molecule has 0 fully saturated rings. The van der Waals surface area contributed by atoms with E-state index < -0.39 is 5.82 Å². The first-order valence-electron chi connectivity index (χ1n) is 5.71. The van der Waals surface area contributed by atoms with Gasteiger partial charge < -0.3 is 9.73 Å². The van der Waals surface area contributed by atoms with Gasteiger partial charge in [-0.1, -0.05) is 24.9 Å². The molecule has 1 N–H and O–H groups in total. The van der Waals surface area contributed by atoms with Crippen LogP contribution in [0.3, 0.4) is 0 Å². The molecule has 2 nitrogen and oxygen atoms in total. The van der Waals surface area contributed by atoms with E-state index in [2.05, 4.69) is 12.2 Å². The van der Waals surface area contributed by atoms with Crippen molar-refractivity contribution in [3.8, 4) is 0 Å². The van der Waals surface area contributed by atoms with E-state index in [0.29, 0.717) is 6.54 Å². The molecule has 1 heterocycles. The van der Waals surface area contributed by atoms with Crippen molar-refractivity contribution in [2.75, 3.05) is 7.05 Å².